The van der Waals surface area contributed by atoms with Gasteiger partial charge >= 0.3 is 5.97 Å². The molecule has 1 aliphatic carbocycles. The summed E-state index contributed by atoms with van der Waals surface area (Å²) in [6.45, 7) is 4.74. The monoisotopic (exact) mass is 749 g/mol. The molecule has 6 rings (SSSR count). The zero-order chi connectivity index (χ0) is 38.1. The number of nitrogens with zero attached hydrogens (tertiary/aromatic N) is 1. The lowest BCUT2D eigenvalue weighted by atomic mass is 9.62. The molecule has 2 aromatic carbocycles. The highest BCUT2D eigenvalue weighted by Gasteiger charge is 2.76. The lowest BCUT2D eigenvalue weighted by Crippen LogP contribution is -2.69. The Morgan fingerprint density at radius 3 is 2.39 bits per heavy atom. The Morgan fingerprint density at radius 1 is 0.944 bits per heavy atom. The van der Waals surface area contributed by atoms with Gasteiger partial charge in [-0.1, -0.05) is 75.9 Å². The van der Waals surface area contributed by atoms with Crippen LogP contribution in [0.2, 0.25) is 0 Å². The van der Waals surface area contributed by atoms with Gasteiger partial charge in [0.2, 0.25) is 5.91 Å². The van der Waals surface area contributed by atoms with E-state index in [4.69, 9.17) is 34.0 Å². The standard InChI is InChI=1S/C41H55N3O10/c1-3-5-7-17-40(18-8-6-4-2)52-33-32-25-41(39(49)43-26-30-10-9-11-31(24-30)37(47)42-19-20-45)35(38(48)51-32)44(54-36(41)34(33)53-40)27-29-14-12-28(13-15-29)16-22-50-23-21-46/h9-16,22,24,32-36,45-46H,3-8,17-21,23,25-27H2,1-2H3,(H,42,47)(H,43,49). The predicted octanol–water partition coefficient (Wildman–Crippen LogP) is 4.15. The number of hydrogen-bond acceptors (Lipinski definition) is 11. The smallest absolute Gasteiger partial charge is 0.327 e. The molecule has 3 aliphatic heterocycles. The SMILES string of the molecule is CCCCCC1(CCCCC)OC2C3CC4(C(=O)NCc5cccc(C(=O)NCCO)c5)C(ON(Cc5ccc(C=COCCO)cc5)C4C(=O)O3)C2O1. The van der Waals surface area contributed by atoms with E-state index in [1.54, 1.807) is 29.3 Å². The molecule has 6 atom stereocenters. The third kappa shape index (κ3) is 8.51. The molecule has 2 aromatic rings. The zero-order valence-corrected chi connectivity index (χ0v) is 31.4. The third-order valence-corrected chi connectivity index (χ3v) is 10.9. The van der Waals surface area contributed by atoms with Crippen molar-refractivity contribution in [1.29, 1.82) is 0 Å². The van der Waals surface area contributed by atoms with Crippen molar-refractivity contribution < 1.29 is 48.4 Å². The van der Waals surface area contributed by atoms with Crippen molar-refractivity contribution in [2.24, 2.45) is 5.41 Å². The highest BCUT2D eigenvalue weighted by Crippen LogP contribution is 2.58. The number of fused-ring (bicyclic) bond motifs is 4. The van der Waals surface area contributed by atoms with Crippen LogP contribution in [0.5, 0.6) is 0 Å². The van der Waals surface area contributed by atoms with E-state index in [0.29, 0.717) is 24.0 Å². The Bertz CT molecular complexity index is 1610. The molecule has 3 heterocycles. The van der Waals surface area contributed by atoms with Gasteiger partial charge in [0.1, 0.15) is 36.4 Å². The number of rotatable bonds is 20. The van der Waals surface area contributed by atoms with Crippen LogP contribution in [0.25, 0.3) is 6.08 Å². The molecule has 54 heavy (non-hydrogen) atoms. The molecule has 0 spiro atoms. The minimum absolute atomic E-state index is 0.0700. The number of nitrogens with one attached hydrogen (secondary N) is 2. The maximum Gasteiger partial charge on any atom is 0.327 e. The number of aliphatic hydroxyl groups excluding tert-OH is 2. The highest BCUT2D eigenvalue weighted by atomic mass is 16.8. The number of benzene rings is 2. The Balaban J connectivity index is 1.29. The molecule has 1 saturated carbocycles. The lowest BCUT2D eigenvalue weighted by Gasteiger charge is -2.48. The Morgan fingerprint density at radius 2 is 1.69 bits per heavy atom. The summed E-state index contributed by atoms with van der Waals surface area (Å²) in [5.41, 5.74) is 1.52. The molecule has 4 aliphatic rings. The van der Waals surface area contributed by atoms with Gasteiger partial charge in [0.25, 0.3) is 5.91 Å². The summed E-state index contributed by atoms with van der Waals surface area (Å²) in [7, 11) is 0. The number of hydroxylamine groups is 2. The van der Waals surface area contributed by atoms with Crippen molar-refractivity contribution >= 4 is 23.9 Å². The molecule has 294 valence electrons. The third-order valence-electron chi connectivity index (χ3n) is 10.9. The predicted molar refractivity (Wildman–Crippen MR) is 198 cm³/mol. The van der Waals surface area contributed by atoms with Crippen LogP contribution in [-0.2, 0) is 46.5 Å². The van der Waals surface area contributed by atoms with E-state index in [2.05, 4.69) is 24.5 Å². The van der Waals surface area contributed by atoms with Gasteiger partial charge in [-0.05, 0) is 47.7 Å². The first-order valence-corrected chi connectivity index (χ1v) is 19.5. The fraction of sp³-hybridized carbons (Fsp3) is 0.585. The summed E-state index contributed by atoms with van der Waals surface area (Å²) in [5.74, 6) is -2.08. The molecule has 2 bridgehead atoms. The molecule has 4 fully saturated rings. The van der Waals surface area contributed by atoms with Gasteiger partial charge in [-0.25, -0.2) is 0 Å². The number of esters is 1. The van der Waals surface area contributed by atoms with E-state index in [9.17, 15) is 14.4 Å². The van der Waals surface area contributed by atoms with Crippen molar-refractivity contribution in [3.63, 3.8) is 0 Å². The number of hydrogen-bond donors (Lipinski definition) is 4. The van der Waals surface area contributed by atoms with E-state index in [1.165, 1.54) is 6.26 Å². The Labute approximate surface area is 317 Å². The quantitative estimate of drug-likeness (QED) is 0.0874. The van der Waals surface area contributed by atoms with Gasteiger partial charge < -0.3 is 39.8 Å². The van der Waals surface area contributed by atoms with Crippen LogP contribution < -0.4 is 10.6 Å². The van der Waals surface area contributed by atoms with E-state index in [0.717, 1.165) is 49.7 Å². The van der Waals surface area contributed by atoms with Gasteiger partial charge in [-0.3, -0.25) is 19.2 Å². The van der Waals surface area contributed by atoms with Crippen LogP contribution in [0.4, 0.5) is 0 Å². The van der Waals surface area contributed by atoms with Gasteiger partial charge in [-0.15, -0.1) is 0 Å². The number of carbonyl (C=O) groups excluding carboxylic acids is 3. The summed E-state index contributed by atoms with van der Waals surface area (Å²) >= 11 is 0. The van der Waals surface area contributed by atoms with Crippen LogP contribution >= 0.6 is 0 Å². The fourth-order valence-corrected chi connectivity index (χ4v) is 8.30. The average molecular weight is 750 g/mol. The first-order chi connectivity index (χ1) is 26.3. The lowest BCUT2D eigenvalue weighted by molar-refractivity contribution is -0.224. The summed E-state index contributed by atoms with van der Waals surface area (Å²) < 4.78 is 25.2. The number of amides is 2. The topological polar surface area (TPSA) is 165 Å². The summed E-state index contributed by atoms with van der Waals surface area (Å²) in [5, 5.41) is 25.4. The van der Waals surface area contributed by atoms with Gasteiger partial charge in [-0.2, -0.15) is 5.06 Å². The fourth-order valence-electron chi connectivity index (χ4n) is 8.30. The minimum atomic E-state index is -1.34. The molecule has 0 radical (unpaired) electrons. The maximum atomic E-state index is 14.8. The molecule has 2 amide bonds. The number of ether oxygens (including phenoxy) is 4. The first kappa shape index (κ1) is 39.8. The summed E-state index contributed by atoms with van der Waals surface area (Å²) in [6.07, 6.45) is 8.20. The zero-order valence-electron chi connectivity index (χ0n) is 31.4. The summed E-state index contributed by atoms with van der Waals surface area (Å²) in [4.78, 5) is 48.2. The van der Waals surface area contributed by atoms with Crippen LogP contribution in [0.15, 0.2) is 54.8 Å². The van der Waals surface area contributed by atoms with Crippen LogP contribution in [0.3, 0.4) is 0 Å². The molecule has 3 saturated heterocycles. The van der Waals surface area contributed by atoms with Crippen molar-refractivity contribution in [2.45, 2.75) is 121 Å². The number of carbonyl (C=O) groups is 3. The molecular formula is C41H55N3O10. The van der Waals surface area contributed by atoms with Crippen molar-refractivity contribution in [2.75, 3.05) is 26.4 Å². The first-order valence-electron chi connectivity index (χ1n) is 19.5. The molecule has 6 unspecified atom stereocenters. The second kappa shape index (κ2) is 18.2. The molecular weight excluding hydrogens is 694 g/mol. The summed E-state index contributed by atoms with van der Waals surface area (Å²) in [6, 6.07) is 13.6. The van der Waals surface area contributed by atoms with Gasteiger partial charge in [0.15, 0.2) is 11.8 Å². The van der Waals surface area contributed by atoms with Crippen LogP contribution in [0.1, 0.15) is 98.7 Å². The maximum absolute atomic E-state index is 14.8. The van der Waals surface area contributed by atoms with Crippen molar-refractivity contribution in [1.82, 2.24) is 15.7 Å². The second-order valence-electron chi connectivity index (χ2n) is 14.7. The van der Waals surface area contributed by atoms with Gasteiger partial charge in [0, 0.05) is 37.9 Å². The number of aliphatic hydroxyl groups is 2. The molecule has 13 heteroatoms. The number of unbranched alkanes of at least 4 members (excludes halogenated alkanes) is 4. The van der Waals surface area contributed by atoms with Crippen molar-refractivity contribution in [3.05, 3.63) is 77.0 Å². The molecule has 4 N–H and O–H groups in total. The molecule has 13 nitrogen and oxygen atoms in total. The van der Waals surface area contributed by atoms with E-state index in [1.807, 2.05) is 30.3 Å². The highest BCUT2D eigenvalue weighted by molar-refractivity contribution is 5.95. The van der Waals surface area contributed by atoms with Crippen LogP contribution in [0, 0.1) is 5.41 Å². The van der Waals surface area contributed by atoms with Crippen LogP contribution in [-0.4, -0.2) is 95.7 Å². The van der Waals surface area contributed by atoms with E-state index >= 15 is 0 Å². The van der Waals surface area contributed by atoms with E-state index < -0.39 is 47.6 Å². The van der Waals surface area contributed by atoms with Crippen molar-refractivity contribution in [3.8, 4) is 0 Å². The normalized spacial score (nSPS) is 26.7. The largest absolute Gasteiger partial charge is 0.499 e. The Hall–Kier alpha value is -3.85. The van der Waals surface area contributed by atoms with E-state index in [-0.39, 0.29) is 57.7 Å². The Kier molecular flexibility index (Phi) is 13.4. The minimum Gasteiger partial charge on any atom is -0.499 e. The second-order valence-corrected chi connectivity index (χ2v) is 14.7. The average Bonchev–Trinajstić information content (AvgIpc) is 3.74. The molecule has 0 aromatic heterocycles. The van der Waals surface area contributed by atoms with Gasteiger partial charge in [0.05, 0.1) is 26.0 Å².